The third-order valence-corrected chi connectivity index (χ3v) is 2.19. The molecular weight excluding hydrogens is 249 g/mol. The number of carbonyl (C=O) groups is 1. The normalized spacial score (nSPS) is 9.77. The quantitative estimate of drug-likeness (QED) is 0.719. The first-order valence-electron chi connectivity index (χ1n) is 3.33. The number of hydrogen-bond donors (Lipinski definition) is 0. The molecule has 2 nitrogen and oxygen atoms in total. The standard InChI is InChI=1S/C7H2Cl3O2.Al.2H/c8-4-1-5(9)7(12-3-11)6(10)2-4;;;/h1-2H;;;. The average molecular weight is 253 g/mol. The van der Waals surface area contributed by atoms with Crippen LogP contribution in [0.1, 0.15) is 0 Å². The first kappa shape index (κ1) is 11.2. The molecule has 6 heteroatoms. The maximum atomic E-state index is 10.7. The zero-order chi connectivity index (χ0) is 10.0. The lowest BCUT2D eigenvalue weighted by molar-refractivity contribution is 0.225. The van der Waals surface area contributed by atoms with Crippen molar-refractivity contribution >= 4 is 55.9 Å². The van der Waals surface area contributed by atoms with E-state index in [9.17, 15) is 4.79 Å². The van der Waals surface area contributed by atoms with Gasteiger partial charge in [-0.3, -0.25) is 4.79 Å². The molecule has 0 N–H and O–H groups in total. The third kappa shape index (κ3) is 3.05. The zero-order valence-corrected chi connectivity index (χ0v) is 10.9. The lowest BCUT2D eigenvalue weighted by Crippen LogP contribution is -2.04. The highest BCUT2D eigenvalue weighted by atomic mass is 35.5. The van der Waals surface area contributed by atoms with Crippen LogP contribution in [0.5, 0.6) is 5.75 Å². The van der Waals surface area contributed by atoms with E-state index in [0.29, 0.717) is 5.02 Å². The summed E-state index contributed by atoms with van der Waals surface area (Å²) in [6.07, 6.45) is 0. The molecule has 0 aliphatic carbocycles. The number of carbonyl (C=O) groups excluding carboxylic acids is 1. The number of rotatable bonds is 1. The van der Waals surface area contributed by atoms with Crippen LogP contribution < -0.4 is 4.74 Å². The van der Waals surface area contributed by atoms with E-state index >= 15 is 0 Å². The van der Waals surface area contributed by atoms with E-state index < -0.39 is 0 Å². The van der Waals surface area contributed by atoms with E-state index in [1.165, 1.54) is 12.1 Å². The Morgan fingerprint density at radius 1 is 1.23 bits per heavy atom. The van der Waals surface area contributed by atoms with Crippen LogP contribution in [0.15, 0.2) is 12.1 Å². The Kier molecular flexibility index (Phi) is 3.91. The topological polar surface area (TPSA) is 26.3 Å². The molecule has 0 aliphatic rings. The highest BCUT2D eigenvalue weighted by molar-refractivity contribution is 6.55. The number of ether oxygens (including phenoxy) is 1. The van der Waals surface area contributed by atoms with Crippen LogP contribution in [-0.4, -0.2) is 21.1 Å². The van der Waals surface area contributed by atoms with Gasteiger partial charge in [-0.2, -0.15) is 0 Å². The molecule has 0 atom stereocenters. The average Bonchev–Trinajstić information content (AvgIpc) is 1.96. The minimum absolute atomic E-state index is 0.174. The van der Waals surface area contributed by atoms with Gasteiger partial charge in [0.1, 0.15) is 0 Å². The second-order valence-electron chi connectivity index (χ2n) is 2.29. The Hall–Kier alpha value is 0.0925. The fourth-order valence-corrected chi connectivity index (χ4v) is 1.87. The van der Waals surface area contributed by atoms with Crippen molar-refractivity contribution in [3.05, 3.63) is 27.2 Å². The van der Waals surface area contributed by atoms with Crippen LogP contribution in [0.25, 0.3) is 0 Å². The number of hydrogen-bond acceptors (Lipinski definition) is 2. The van der Waals surface area contributed by atoms with E-state index in [4.69, 9.17) is 39.5 Å². The molecular formula is C7H4AlCl3O2. The Balaban J connectivity index is 3.13. The largest absolute Gasteiger partial charge is 0.440 e. The molecule has 0 bridgehead atoms. The SMILES string of the molecule is O=[C]([AlH2])Oc1c(Cl)cc(Cl)cc1Cl. The fraction of sp³-hybridized carbons (Fsp3) is 0. The molecule has 0 aliphatic heterocycles. The summed E-state index contributed by atoms with van der Waals surface area (Å²) >= 11 is 17.4. The molecule has 1 aromatic carbocycles. The van der Waals surface area contributed by atoms with Gasteiger partial charge in [0.15, 0.2) is 10.6 Å². The Morgan fingerprint density at radius 3 is 2.08 bits per heavy atom. The summed E-state index contributed by atoms with van der Waals surface area (Å²) in [5.74, 6) is 0.174. The summed E-state index contributed by atoms with van der Waals surface area (Å²) in [6, 6.07) is 2.93. The van der Waals surface area contributed by atoms with Crippen molar-refractivity contribution in [2.75, 3.05) is 0 Å². The van der Waals surface area contributed by atoms with Gasteiger partial charge in [-0.25, -0.2) is 0 Å². The highest BCUT2D eigenvalue weighted by Crippen LogP contribution is 2.35. The first-order valence-corrected chi connectivity index (χ1v) is 5.47. The molecule has 0 heterocycles. The lowest BCUT2D eigenvalue weighted by atomic mass is 10.3. The van der Waals surface area contributed by atoms with Gasteiger partial charge in [-0.15, -0.1) is 0 Å². The Labute approximate surface area is 98.1 Å². The zero-order valence-electron chi connectivity index (χ0n) is 6.61. The second-order valence-corrected chi connectivity index (χ2v) is 4.36. The van der Waals surface area contributed by atoms with Gasteiger partial charge in [0.2, 0.25) is 0 Å². The van der Waals surface area contributed by atoms with E-state index in [1.54, 1.807) is 0 Å². The van der Waals surface area contributed by atoms with Crippen molar-refractivity contribution in [1.82, 2.24) is 0 Å². The minimum Gasteiger partial charge on any atom is -0.440 e. The van der Waals surface area contributed by atoms with Gasteiger partial charge in [0.05, 0.1) is 10.0 Å². The Bertz CT molecular complexity index is 331. The molecule has 68 valence electrons. The van der Waals surface area contributed by atoms with Crippen LogP contribution in [-0.2, 0) is 0 Å². The molecule has 0 amide bonds. The van der Waals surface area contributed by atoms with Gasteiger partial charge < -0.3 is 4.74 Å². The highest BCUT2D eigenvalue weighted by Gasteiger charge is 2.10. The summed E-state index contributed by atoms with van der Waals surface area (Å²) in [6.45, 7) is 0. The summed E-state index contributed by atoms with van der Waals surface area (Å²) < 4.78 is 4.83. The van der Waals surface area contributed by atoms with Crippen molar-refractivity contribution < 1.29 is 9.53 Å². The first-order chi connectivity index (χ1) is 6.00. The third-order valence-electron chi connectivity index (χ3n) is 1.21. The van der Waals surface area contributed by atoms with Crippen LogP contribution in [0, 0.1) is 0 Å². The van der Waals surface area contributed by atoms with Crippen molar-refractivity contribution in [2.45, 2.75) is 0 Å². The van der Waals surface area contributed by atoms with Gasteiger partial charge >= 0.3 is 16.3 Å². The number of halogens is 3. The summed E-state index contributed by atoms with van der Waals surface area (Å²) in [4.78, 5) is 10.4. The van der Waals surface area contributed by atoms with E-state index in [2.05, 4.69) is 0 Å². The molecule has 1 aromatic rings. The smallest absolute Gasteiger partial charge is 0.389 e. The summed E-state index contributed by atoms with van der Waals surface area (Å²) in [7, 11) is 0. The summed E-state index contributed by atoms with van der Waals surface area (Å²) in [5.41, 5.74) is 0. The summed E-state index contributed by atoms with van der Waals surface area (Å²) in [5, 5.41) is 0.881. The van der Waals surface area contributed by atoms with Crippen molar-refractivity contribution in [3.8, 4) is 5.75 Å². The predicted octanol–water partition coefficient (Wildman–Crippen LogP) is 2.78. The molecule has 0 aromatic heterocycles. The van der Waals surface area contributed by atoms with E-state index in [1.807, 2.05) is 0 Å². The molecule has 0 spiro atoms. The van der Waals surface area contributed by atoms with E-state index in [-0.39, 0.29) is 36.9 Å². The number of benzene rings is 1. The minimum atomic E-state index is -0.342. The van der Waals surface area contributed by atoms with Crippen LogP contribution in [0.3, 0.4) is 0 Å². The van der Waals surface area contributed by atoms with Gasteiger partial charge in [-0.05, 0) is 12.1 Å². The predicted molar refractivity (Wildman–Crippen MR) is 56.0 cm³/mol. The van der Waals surface area contributed by atoms with Gasteiger partial charge in [-0.1, -0.05) is 34.8 Å². The van der Waals surface area contributed by atoms with Crippen LogP contribution >= 0.6 is 34.8 Å². The molecule has 0 saturated carbocycles. The lowest BCUT2D eigenvalue weighted by Gasteiger charge is -2.06. The molecule has 0 saturated heterocycles. The molecule has 1 rings (SSSR count). The fourth-order valence-electron chi connectivity index (χ4n) is 0.770. The van der Waals surface area contributed by atoms with Crippen molar-refractivity contribution in [3.63, 3.8) is 0 Å². The van der Waals surface area contributed by atoms with Gasteiger partial charge in [0.25, 0.3) is 0 Å². The van der Waals surface area contributed by atoms with Crippen molar-refractivity contribution in [2.24, 2.45) is 0 Å². The monoisotopic (exact) mass is 252 g/mol. The molecule has 0 fully saturated rings. The maximum absolute atomic E-state index is 10.7. The molecule has 13 heavy (non-hydrogen) atoms. The molecule has 0 unspecified atom stereocenters. The van der Waals surface area contributed by atoms with E-state index in [0.717, 1.165) is 0 Å². The Morgan fingerprint density at radius 2 is 1.69 bits per heavy atom. The molecule has 0 radical (unpaired) electrons. The second kappa shape index (κ2) is 4.55. The van der Waals surface area contributed by atoms with Crippen LogP contribution in [0.2, 0.25) is 15.1 Å². The maximum Gasteiger partial charge on any atom is 0.389 e. The van der Waals surface area contributed by atoms with Crippen LogP contribution in [0.4, 0.5) is 4.79 Å². The van der Waals surface area contributed by atoms with Gasteiger partial charge in [0, 0.05) is 5.02 Å². The van der Waals surface area contributed by atoms with Crippen molar-refractivity contribution in [1.29, 1.82) is 0 Å².